The van der Waals surface area contributed by atoms with Crippen molar-refractivity contribution in [3.8, 4) is 0 Å². The van der Waals surface area contributed by atoms with Crippen LogP contribution in [0.5, 0.6) is 0 Å². The van der Waals surface area contributed by atoms with E-state index in [9.17, 15) is 9.90 Å². The number of rotatable bonds is 3. The average molecular weight is 338 g/mol. The zero-order valence-corrected chi connectivity index (χ0v) is 14.4. The molecule has 0 radical (unpaired) electrons. The van der Waals surface area contributed by atoms with Crippen LogP contribution in [-0.2, 0) is 17.8 Å². The lowest BCUT2D eigenvalue weighted by Crippen LogP contribution is -2.37. The van der Waals surface area contributed by atoms with Gasteiger partial charge in [-0.3, -0.25) is 0 Å². The summed E-state index contributed by atoms with van der Waals surface area (Å²) in [6.07, 6.45) is 2.53. The quantitative estimate of drug-likeness (QED) is 0.927. The van der Waals surface area contributed by atoms with E-state index in [-0.39, 0.29) is 0 Å². The van der Waals surface area contributed by atoms with Crippen LogP contribution >= 0.6 is 0 Å². The maximum atomic E-state index is 11.5. The van der Waals surface area contributed by atoms with Crippen molar-refractivity contribution in [3.63, 3.8) is 0 Å². The smallest absolute Gasteiger partial charge is 0.326 e. The number of aliphatic carboxylic acids is 1. The van der Waals surface area contributed by atoms with E-state index in [1.165, 1.54) is 11.1 Å². The number of benzene rings is 1. The van der Waals surface area contributed by atoms with Crippen molar-refractivity contribution in [2.75, 3.05) is 22.9 Å². The number of aryl methyl sites for hydroxylation is 1. The van der Waals surface area contributed by atoms with Gasteiger partial charge < -0.3 is 14.9 Å². The standard InChI is InChI=1S/C19H22N4O2/c1-13-11-17(23-9-4-7-16(23)18(24)25)21-19(20-13)22-10-8-14-5-2-3-6-15(14)12-22/h2-3,5-6,11,16H,4,7-10,12H2,1H3,(H,24,25). The van der Waals surface area contributed by atoms with Gasteiger partial charge in [0.05, 0.1) is 0 Å². The lowest BCUT2D eigenvalue weighted by Gasteiger charge is -2.30. The van der Waals surface area contributed by atoms with Crippen molar-refractivity contribution in [1.82, 2.24) is 9.97 Å². The van der Waals surface area contributed by atoms with Gasteiger partial charge in [-0.2, -0.15) is 4.98 Å². The Kier molecular flexibility index (Phi) is 4.03. The highest BCUT2D eigenvalue weighted by molar-refractivity contribution is 5.78. The highest BCUT2D eigenvalue weighted by Crippen LogP contribution is 2.28. The second-order valence-corrected chi connectivity index (χ2v) is 6.80. The summed E-state index contributed by atoms with van der Waals surface area (Å²) in [4.78, 5) is 24.9. The molecule has 6 heteroatoms. The van der Waals surface area contributed by atoms with Crippen molar-refractivity contribution in [2.45, 2.75) is 38.8 Å². The van der Waals surface area contributed by atoms with Gasteiger partial charge in [-0.25, -0.2) is 9.78 Å². The van der Waals surface area contributed by atoms with Crippen LogP contribution in [0.4, 0.5) is 11.8 Å². The van der Waals surface area contributed by atoms with Gasteiger partial charge in [0.1, 0.15) is 11.9 Å². The number of hydrogen-bond acceptors (Lipinski definition) is 5. The number of carboxylic acids is 1. The molecule has 130 valence electrons. The summed E-state index contributed by atoms with van der Waals surface area (Å²) < 4.78 is 0. The van der Waals surface area contributed by atoms with Gasteiger partial charge in [0.2, 0.25) is 5.95 Å². The lowest BCUT2D eigenvalue weighted by molar-refractivity contribution is -0.138. The molecule has 6 nitrogen and oxygen atoms in total. The van der Waals surface area contributed by atoms with Crippen LogP contribution in [0.25, 0.3) is 0 Å². The number of aromatic nitrogens is 2. The Labute approximate surface area is 147 Å². The van der Waals surface area contributed by atoms with Crippen LogP contribution < -0.4 is 9.80 Å². The van der Waals surface area contributed by atoms with E-state index in [1.807, 2.05) is 17.9 Å². The molecule has 1 atom stereocenters. The summed E-state index contributed by atoms with van der Waals surface area (Å²) >= 11 is 0. The summed E-state index contributed by atoms with van der Waals surface area (Å²) in [5.74, 6) is 0.647. The van der Waals surface area contributed by atoms with Crippen LogP contribution in [0.2, 0.25) is 0 Å². The molecule has 2 aliphatic rings. The molecule has 0 spiro atoms. The molecule has 25 heavy (non-hydrogen) atoms. The molecule has 4 rings (SSSR count). The van der Waals surface area contributed by atoms with E-state index in [0.717, 1.165) is 44.0 Å². The molecule has 2 aromatic rings. The normalized spacial score (nSPS) is 19.8. The first kappa shape index (κ1) is 15.9. The molecule has 0 amide bonds. The fourth-order valence-corrected chi connectivity index (χ4v) is 3.79. The monoisotopic (exact) mass is 338 g/mol. The van der Waals surface area contributed by atoms with Crippen LogP contribution in [0.1, 0.15) is 29.7 Å². The highest BCUT2D eigenvalue weighted by Gasteiger charge is 2.32. The fraction of sp³-hybridized carbons (Fsp3) is 0.421. The van der Waals surface area contributed by atoms with Crippen LogP contribution in [0.3, 0.4) is 0 Å². The third-order valence-electron chi connectivity index (χ3n) is 5.07. The van der Waals surface area contributed by atoms with Crippen molar-refractivity contribution < 1.29 is 9.90 Å². The van der Waals surface area contributed by atoms with Gasteiger partial charge in [0, 0.05) is 31.4 Å². The van der Waals surface area contributed by atoms with Crippen LogP contribution in [-0.4, -0.2) is 40.2 Å². The summed E-state index contributed by atoms with van der Waals surface area (Å²) in [5.41, 5.74) is 3.57. The molecular formula is C19H22N4O2. The summed E-state index contributed by atoms with van der Waals surface area (Å²) in [7, 11) is 0. The molecule has 1 unspecified atom stereocenters. The molecule has 0 saturated carbocycles. The lowest BCUT2D eigenvalue weighted by atomic mass is 10.0. The van der Waals surface area contributed by atoms with E-state index < -0.39 is 12.0 Å². The van der Waals surface area contributed by atoms with Gasteiger partial charge in [-0.15, -0.1) is 0 Å². The van der Waals surface area contributed by atoms with Crippen LogP contribution in [0.15, 0.2) is 30.3 Å². The maximum Gasteiger partial charge on any atom is 0.326 e. The SMILES string of the molecule is Cc1cc(N2CCCC2C(=O)O)nc(N2CCc3ccccc3C2)n1. The van der Waals surface area contributed by atoms with E-state index in [1.54, 1.807) is 0 Å². The minimum absolute atomic E-state index is 0.482. The highest BCUT2D eigenvalue weighted by atomic mass is 16.4. The topological polar surface area (TPSA) is 69.6 Å². The number of anilines is 2. The number of nitrogens with zero attached hydrogens (tertiary/aromatic N) is 4. The second-order valence-electron chi connectivity index (χ2n) is 6.80. The molecule has 1 aromatic carbocycles. The number of carbonyl (C=O) groups is 1. The third kappa shape index (κ3) is 3.04. The Hall–Kier alpha value is -2.63. The van der Waals surface area contributed by atoms with Crippen molar-refractivity contribution in [1.29, 1.82) is 0 Å². The van der Waals surface area contributed by atoms with E-state index in [2.05, 4.69) is 34.1 Å². The Morgan fingerprint density at radius 2 is 2.00 bits per heavy atom. The number of hydrogen-bond donors (Lipinski definition) is 1. The first-order chi connectivity index (χ1) is 12.1. The molecule has 0 aliphatic carbocycles. The predicted molar refractivity (Wildman–Crippen MR) is 96.0 cm³/mol. The Morgan fingerprint density at radius 3 is 2.80 bits per heavy atom. The molecule has 3 heterocycles. The van der Waals surface area contributed by atoms with Crippen molar-refractivity contribution in [3.05, 3.63) is 47.2 Å². The molecule has 1 fully saturated rings. The zero-order chi connectivity index (χ0) is 17.4. The molecule has 2 aliphatic heterocycles. The minimum atomic E-state index is -0.776. The van der Waals surface area contributed by atoms with Crippen molar-refractivity contribution >= 4 is 17.7 Å². The first-order valence-electron chi connectivity index (χ1n) is 8.78. The Morgan fingerprint density at radius 1 is 1.20 bits per heavy atom. The number of carboxylic acid groups (broad SMARTS) is 1. The van der Waals surface area contributed by atoms with Gasteiger partial charge >= 0.3 is 5.97 Å². The van der Waals surface area contributed by atoms with E-state index in [0.29, 0.717) is 12.4 Å². The summed E-state index contributed by atoms with van der Waals surface area (Å²) in [6.45, 7) is 4.35. The minimum Gasteiger partial charge on any atom is -0.480 e. The van der Waals surface area contributed by atoms with E-state index >= 15 is 0 Å². The Balaban J connectivity index is 1.63. The first-order valence-corrected chi connectivity index (χ1v) is 8.78. The summed E-state index contributed by atoms with van der Waals surface area (Å²) in [6, 6.07) is 9.88. The molecule has 1 N–H and O–H groups in total. The van der Waals surface area contributed by atoms with Gasteiger partial charge in [0.25, 0.3) is 0 Å². The molecule has 1 aromatic heterocycles. The van der Waals surface area contributed by atoms with E-state index in [4.69, 9.17) is 4.98 Å². The zero-order valence-electron chi connectivity index (χ0n) is 14.4. The summed E-state index contributed by atoms with van der Waals surface area (Å²) in [5, 5.41) is 9.45. The van der Waals surface area contributed by atoms with Gasteiger partial charge in [-0.1, -0.05) is 24.3 Å². The predicted octanol–water partition coefficient (Wildman–Crippen LogP) is 2.40. The average Bonchev–Trinajstić information content (AvgIpc) is 3.11. The molecule has 0 bridgehead atoms. The number of fused-ring (bicyclic) bond motifs is 1. The van der Waals surface area contributed by atoms with Crippen LogP contribution in [0, 0.1) is 6.92 Å². The van der Waals surface area contributed by atoms with Gasteiger partial charge in [-0.05, 0) is 37.3 Å². The molecule has 1 saturated heterocycles. The maximum absolute atomic E-state index is 11.5. The Bertz CT molecular complexity index is 808. The fourth-order valence-electron chi connectivity index (χ4n) is 3.79. The van der Waals surface area contributed by atoms with Gasteiger partial charge in [0.15, 0.2) is 0 Å². The van der Waals surface area contributed by atoms with Crippen molar-refractivity contribution in [2.24, 2.45) is 0 Å². The largest absolute Gasteiger partial charge is 0.480 e. The second kappa shape index (κ2) is 6.35. The third-order valence-corrected chi connectivity index (χ3v) is 5.07. The molecular weight excluding hydrogens is 316 g/mol.